The summed E-state index contributed by atoms with van der Waals surface area (Å²) >= 11 is 6.07. The fourth-order valence-electron chi connectivity index (χ4n) is 2.00. The second kappa shape index (κ2) is 4.33. The molecule has 1 aromatic carbocycles. The van der Waals surface area contributed by atoms with Crippen molar-refractivity contribution in [3.05, 3.63) is 34.9 Å². The summed E-state index contributed by atoms with van der Waals surface area (Å²) in [6, 6.07) is 7.75. The summed E-state index contributed by atoms with van der Waals surface area (Å²) in [5.74, 6) is 0.331. The molecule has 1 aromatic rings. The number of halogens is 1. The van der Waals surface area contributed by atoms with Gasteiger partial charge in [-0.15, -0.1) is 0 Å². The number of rotatable bonds is 2. The normalized spacial score (nSPS) is 22.3. The number of likely N-dealkylation sites (N-methyl/N-ethyl adjacent to an activating group) is 1. The van der Waals surface area contributed by atoms with E-state index in [1.807, 2.05) is 31.3 Å². The molecule has 0 aromatic heterocycles. The van der Waals surface area contributed by atoms with Crippen LogP contribution in [0.4, 0.5) is 0 Å². The van der Waals surface area contributed by atoms with Gasteiger partial charge in [0.2, 0.25) is 0 Å². The van der Waals surface area contributed by atoms with E-state index in [2.05, 4.69) is 4.90 Å². The van der Waals surface area contributed by atoms with Gasteiger partial charge in [0.1, 0.15) is 0 Å². The molecule has 1 saturated heterocycles. The molecule has 80 valence electrons. The van der Waals surface area contributed by atoms with E-state index in [9.17, 15) is 4.79 Å². The van der Waals surface area contributed by atoms with Gasteiger partial charge in [-0.05, 0) is 25.1 Å². The van der Waals surface area contributed by atoms with E-state index in [0.29, 0.717) is 12.2 Å². The Balaban J connectivity index is 2.15. The van der Waals surface area contributed by atoms with Crippen LogP contribution in [-0.4, -0.2) is 30.3 Å². The van der Waals surface area contributed by atoms with Crippen molar-refractivity contribution in [3.63, 3.8) is 0 Å². The molecule has 3 heteroatoms. The highest BCUT2D eigenvalue weighted by Gasteiger charge is 2.29. The topological polar surface area (TPSA) is 20.3 Å². The molecule has 2 nitrogen and oxygen atoms in total. The summed E-state index contributed by atoms with van der Waals surface area (Å²) in [6.45, 7) is 0.869. The molecule has 0 radical (unpaired) electrons. The minimum atomic E-state index is 0.0184. The monoisotopic (exact) mass is 223 g/mol. The Morgan fingerprint density at radius 3 is 2.80 bits per heavy atom. The van der Waals surface area contributed by atoms with Crippen LogP contribution in [0.2, 0.25) is 5.02 Å². The first-order valence-electron chi connectivity index (χ1n) is 5.15. The van der Waals surface area contributed by atoms with E-state index in [1.165, 1.54) is 0 Å². The Bertz CT molecular complexity index is 378. The van der Waals surface area contributed by atoms with Gasteiger partial charge in [-0.25, -0.2) is 0 Å². The van der Waals surface area contributed by atoms with E-state index >= 15 is 0 Å². The van der Waals surface area contributed by atoms with Gasteiger partial charge in [0.25, 0.3) is 0 Å². The average molecular weight is 224 g/mol. The van der Waals surface area contributed by atoms with Crippen LogP contribution in [0.3, 0.4) is 0 Å². The Kier molecular flexibility index (Phi) is 3.08. The molecule has 2 rings (SSSR count). The van der Waals surface area contributed by atoms with Crippen LogP contribution in [0.5, 0.6) is 0 Å². The fourth-order valence-corrected chi connectivity index (χ4v) is 2.21. The van der Waals surface area contributed by atoms with Gasteiger partial charge in [0, 0.05) is 18.0 Å². The highest BCUT2D eigenvalue weighted by Crippen LogP contribution is 2.21. The number of ketones is 1. The molecule has 1 aliphatic rings. The van der Waals surface area contributed by atoms with E-state index in [-0.39, 0.29) is 6.04 Å². The van der Waals surface area contributed by atoms with Gasteiger partial charge in [-0.2, -0.15) is 0 Å². The van der Waals surface area contributed by atoms with Crippen LogP contribution < -0.4 is 0 Å². The summed E-state index contributed by atoms with van der Waals surface area (Å²) < 4.78 is 0. The third-order valence-electron chi connectivity index (χ3n) is 2.99. The summed E-state index contributed by atoms with van der Waals surface area (Å²) in [7, 11) is 1.99. The number of hydrogen-bond donors (Lipinski definition) is 0. The lowest BCUT2D eigenvalue weighted by atomic mass is 10.0. The van der Waals surface area contributed by atoms with E-state index in [0.717, 1.165) is 23.6 Å². The van der Waals surface area contributed by atoms with Crippen LogP contribution in [0.1, 0.15) is 12.0 Å². The van der Waals surface area contributed by atoms with Crippen molar-refractivity contribution in [2.24, 2.45) is 0 Å². The van der Waals surface area contributed by atoms with Crippen LogP contribution in [-0.2, 0) is 11.2 Å². The van der Waals surface area contributed by atoms with Crippen LogP contribution >= 0.6 is 11.6 Å². The molecule has 0 bridgehead atoms. The Labute approximate surface area is 94.8 Å². The molecule has 1 aliphatic heterocycles. The van der Waals surface area contributed by atoms with Crippen molar-refractivity contribution in [2.45, 2.75) is 18.9 Å². The van der Waals surface area contributed by atoms with Gasteiger partial charge in [-0.3, -0.25) is 9.69 Å². The zero-order chi connectivity index (χ0) is 10.8. The third-order valence-corrected chi connectivity index (χ3v) is 3.35. The first-order chi connectivity index (χ1) is 7.18. The predicted octanol–water partition coefficient (Wildman–Crippen LogP) is 2.16. The van der Waals surface area contributed by atoms with Gasteiger partial charge < -0.3 is 0 Å². The third kappa shape index (κ3) is 2.21. The summed E-state index contributed by atoms with van der Waals surface area (Å²) in [4.78, 5) is 13.7. The number of nitrogens with zero attached hydrogens (tertiary/aromatic N) is 1. The van der Waals surface area contributed by atoms with Crippen LogP contribution in [0.25, 0.3) is 0 Å². The highest BCUT2D eigenvalue weighted by molar-refractivity contribution is 6.31. The number of hydrogen-bond acceptors (Lipinski definition) is 2. The van der Waals surface area contributed by atoms with Crippen molar-refractivity contribution < 1.29 is 4.79 Å². The zero-order valence-corrected chi connectivity index (χ0v) is 9.50. The maximum atomic E-state index is 11.6. The second-order valence-electron chi connectivity index (χ2n) is 4.01. The number of carbonyl (C=O) groups excluding carboxylic acids is 1. The largest absolute Gasteiger partial charge is 0.298 e. The van der Waals surface area contributed by atoms with Gasteiger partial charge in [0.15, 0.2) is 5.78 Å². The van der Waals surface area contributed by atoms with Gasteiger partial charge >= 0.3 is 0 Å². The molecule has 0 amide bonds. The molecular weight excluding hydrogens is 210 g/mol. The van der Waals surface area contributed by atoms with Gasteiger partial charge in [-0.1, -0.05) is 29.8 Å². The molecule has 1 atom stereocenters. The highest BCUT2D eigenvalue weighted by atomic mass is 35.5. The lowest BCUT2D eigenvalue weighted by Gasteiger charge is -2.18. The van der Waals surface area contributed by atoms with Crippen LogP contribution in [0, 0.1) is 0 Å². The van der Waals surface area contributed by atoms with E-state index in [4.69, 9.17) is 11.6 Å². The standard InChI is InChI=1S/C12H14ClNO/c1-14-7-6-12(15)11(14)8-9-4-2-3-5-10(9)13/h2-5,11H,6-8H2,1H3. The summed E-state index contributed by atoms with van der Waals surface area (Å²) in [5.41, 5.74) is 1.06. The Morgan fingerprint density at radius 1 is 1.47 bits per heavy atom. The molecule has 1 heterocycles. The number of Topliss-reactive ketones (excluding diaryl/α,β-unsaturated/α-hetero) is 1. The van der Waals surface area contributed by atoms with Crippen molar-refractivity contribution in [1.82, 2.24) is 4.90 Å². The molecule has 1 unspecified atom stereocenters. The van der Waals surface area contributed by atoms with Crippen molar-refractivity contribution in [3.8, 4) is 0 Å². The molecule has 0 N–H and O–H groups in total. The Hall–Kier alpha value is -0.860. The minimum Gasteiger partial charge on any atom is -0.298 e. The summed E-state index contributed by atoms with van der Waals surface area (Å²) in [6.07, 6.45) is 1.40. The Morgan fingerprint density at radius 2 is 2.20 bits per heavy atom. The smallest absolute Gasteiger partial charge is 0.151 e. The number of carbonyl (C=O) groups is 1. The minimum absolute atomic E-state index is 0.0184. The average Bonchev–Trinajstić information content (AvgIpc) is 2.53. The zero-order valence-electron chi connectivity index (χ0n) is 8.74. The molecule has 1 fully saturated rings. The molecule has 15 heavy (non-hydrogen) atoms. The molecule has 0 spiro atoms. The number of likely N-dealkylation sites (tertiary alicyclic amines) is 1. The lowest BCUT2D eigenvalue weighted by molar-refractivity contribution is -0.119. The maximum absolute atomic E-state index is 11.6. The van der Waals surface area contributed by atoms with Crippen molar-refractivity contribution in [2.75, 3.05) is 13.6 Å². The maximum Gasteiger partial charge on any atom is 0.151 e. The molecular formula is C12H14ClNO. The fraction of sp³-hybridized carbons (Fsp3) is 0.417. The quantitative estimate of drug-likeness (QED) is 0.766. The first kappa shape index (κ1) is 10.7. The summed E-state index contributed by atoms with van der Waals surface area (Å²) in [5, 5.41) is 0.755. The lowest BCUT2D eigenvalue weighted by Crippen LogP contribution is -2.31. The predicted molar refractivity (Wildman–Crippen MR) is 61.2 cm³/mol. The van der Waals surface area contributed by atoms with Crippen LogP contribution in [0.15, 0.2) is 24.3 Å². The molecule has 0 saturated carbocycles. The SMILES string of the molecule is CN1CCC(=O)C1Cc1ccccc1Cl. The molecule has 0 aliphatic carbocycles. The first-order valence-corrected chi connectivity index (χ1v) is 5.52. The van der Waals surface area contributed by atoms with Gasteiger partial charge in [0.05, 0.1) is 6.04 Å². The van der Waals surface area contributed by atoms with Crippen molar-refractivity contribution in [1.29, 1.82) is 0 Å². The van der Waals surface area contributed by atoms with E-state index in [1.54, 1.807) is 0 Å². The van der Waals surface area contributed by atoms with E-state index < -0.39 is 0 Å². The number of benzene rings is 1. The second-order valence-corrected chi connectivity index (χ2v) is 4.42. The van der Waals surface area contributed by atoms with Crippen molar-refractivity contribution >= 4 is 17.4 Å².